The molecule has 1 unspecified atom stereocenters. The molecule has 1 saturated carbocycles. The van der Waals surface area contributed by atoms with Gasteiger partial charge < -0.3 is 19.5 Å². The number of amides is 2. The van der Waals surface area contributed by atoms with E-state index in [1.165, 1.54) is 26.1 Å². The second-order valence-electron chi connectivity index (χ2n) is 13.3. The second-order valence-corrected chi connectivity index (χ2v) is 15.2. The molecule has 0 spiro atoms. The number of rotatable bonds is 6. The van der Waals surface area contributed by atoms with Gasteiger partial charge in [-0.2, -0.15) is 12.7 Å². The van der Waals surface area contributed by atoms with Crippen molar-refractivity contribution in [1.29, 1.82) is 0 Å². The fraction of sp³-hybridized carbons (Fsp3) is 0.529. The zero-order valence-electron chi connectivity index (χ0n) is 26.9. The summed E-state index contributed by atoms with van der Waals surface area (Å²) in [4.78, 5) is 29.6. The van der Waals surface area contributed by atoms with Crippen molar-refractivity contribution >= 4 is 32.9 Å². The molecule has 10 nitrogen and oxygen atoms in total. The van der Waals surface area contributed by atoms with E-state index in [4.69, 9.17) is 4.74 Å². The number of carbonyl (C=O) groups is 2. The first-order valence-corrected chi connectivity index (χ1v) is 17.5. The third-order valence-electron chi connectivity index (χ3n) is 9.74. The van der Waals surface area contributed by atoms with E-state index in [1.54, 1.807) is 19.2 Å². The summed E-state index contributed by atoms with van der Waals surface area (Å²) in [6.07, 6.45) is 6.29. The van der Waals surface area contributed by atoms with E-state index in [-0.39, 0.29) is 29.5 Å². The van der Waals surface area contributed by atoms with Gasteiger partial charge in [-0.3, -0.25) is 9.59 Å². The van der Waals surface area contributed by atoms with Crippen LogP contribution in [0.5, 0.6) is 5.75 Å². The van der Waals surface area contributed by atoms with Crippen molar-refractivity contribution in [2.75, 3.05) is 34.3 Å². The predicted octanol–water partition coefficient (Wildman–Crippen LogP) is 4.28. The fourth-order valence-electron chi connectivity index (χ4n) is 7.65. The highest BCUT2D eigenvalue weighted by Gasteiger charge is 2.36. The average Bonchev–Trinajstić information content (AvgIpc) is 3.22. The molecule has 45 heavy (non-hydrogen) atoms. The lowest BCUT2D eigenvalue weighted by molar-refractivity contribution is -0.137. The highest BCUT2D eigenvalue weighted by Crippen LogP contribution is 2.47. The Morgan fingerprint density at radius 3 is 2.36 bits per heavy atom. The van der Waals surface area contributed by atoms with Crippen LogP contribution in [0.25, 0.3) is 22.2 Å². The third kappa shape index (κ3) is 6.09. The third-order valence-corrected chi connectivity index (χ3v) is 11.1. The van der Waals surface area contributed by atoms with Crippen LogP contribution < -0.4 is 14.8 Å². The number of aromatic nitrogens is 1. The van der Waals surface area contributed by atoms with Gasteiger partial charge in [0.05, 0.1) is 18.7 Å². The average molecular weight is 636 g/mol. The van der Waals surface area contributed by atoms with Crippen molar-refractivity contribution in [2.45, 2.75) is 76.9 Å². The molecule has 2 fully saturated rings. The summed E-state index contributed by atoms with van der Waals surface area (Å²) in [7, 11) is 0.464. The second kappa shape index (κ2) is 12.4. The number of ether oxygens (including phenoxy) is 1. The Bertz CT molecular complexity index is 1720. The molecule has 0 radical (unpaired) electrons. The molecule has 2 N–H and O–H groups in total. The number of piperazine rings is 1. The summed E-state index contributed by atoms with van der Waals surface area (Å²) in [5.74, 6) is 0.230. The summed E-state index contributed by atoms with van der Waals surface area (Å²) < 4.78 is 36.0. The van der Waals surface area contributed by atoms with Gasteiger partial charge in [0.1, 0.15) is 5.75 Å². The number of carbonyl (C=O) groups excluding carboxylic acids is 2. The van der Waals surface area contributed by atoms with Crippen LogP contribution in [0.2, 0.25) is 0 Å². The molecule has 1 aliphatic carbocycles. The Hall–Kier alpha value is -3.41. The number of hydrogen-bond acceptors (Lipinski definition) is 6. The molecule has 3 heterocycles. The van der Waals surface area contributed by atoms with E-state index < -0.39 is 16.1 Å². The van der Waals surface area contributed by atoms with Gasteiger partial charge in [-0.25, -0.2) is 4.72 Å². The number of fused-ring (bicyclic) bond motifs is 5. The number of nitrogens with one attached hydrogen (secondary N) is 2. The number of hydrogen-bond donors (Lipinski definition) is 2. The standard InChI is InChI=1S/C34H45N5O5S/c1-21-18-38(19-22(2)35-21)34(41)26-15-25-16-27(44-5)12-14-28(25)32-31(23-9-7-6-8-10-23)29-13-11-24(17-30(29)39(32)20-26)33(40)36-45(42,43)37(3)4/h11-14,16-17,21-23,26,35H,6-10,15,18-20H2,1-5H3,(H,36,40)/t21-,22+,26?. The van der Waals surface area contributed by atoms with Crippen molar-refractivity contribution < 1.29 is 22.7 Å². The molecule has 3 aliphatic rings. The molecule has 2 aliphatic heterocycles. The van der Waals surface area contributed by atoms with Crippen molar-refractivity contribution in [3.8, 4) is 17.0 Å². The monoisotopic (exact) mass is 635 g/mol. The maximum atomic E-state index is 14.3. The molecule has 11 heteroatoms. The molecule has 2 aromatic carbocycles. The predicted molar refractivity (Wildman–Crippen MR) is 176 cm³/mol. The molecule has 2 amide bonds. The first-order valence-electron chi connectivity index (χ1n) is 16.1. The van der Waals surface area contributed by atoms with Gasteiger partial charge >= 0.3 is 10.2 Å². The lowest BCUT2D eigenvalue weighted by Crippen LogP contribution is -2.57. The molecule has 1 saturated heterocycles. The van der Waals surface area contributed by atoms with Crippen LogP contribution in [0.4, 0.5) is 0 Å². The van der Waals surface area contributed by atoms with Gasteiger partial charge in [-0.15, -0.1) is 0 Å². The smallest absolute Gasteiger partial charge is 0.303 e. The van der Waals surface area contributed by atoms with Gasteiger partial charge in [0.15, 0.2) is 0 Å². The van der Waals surface area contributed by atoms with Crippen LogP contribution in [0.3, 0.4) is 0 Å². The van der Waals surface area contributed by atoms with Gasteiger partial charge in [0.2, 0.25) is 5.91 Å². The van der Waals surface area contributed by atoms with Crippen molar-refractivity contribution in [3.63, 3.8) is 0 Å². The van der Waals surface area contributed by atoms with Gasteiger partial charge in [-0.1, -0.05) is 25.3 Å². The minimum absolute atomic E-state index is 0.129. The summed E-state index contributed by atoms with van der Waals surface area (Å²) in [5, 5.41) is 4.59. The first-order chi connectivity index (χ1) is 21.5. The van der Waals surface area contributed by atoms with Crippen molar-refractivity contribution in [3.05, 3.63) is 53.1 Å². The molecule has 6 rings (SSSR count). The molecule has 1 aromatic heterocycles. The zero-order valence-corrected chi connectivity index (χ0v) is 27.7. The molecule has 3 aromatic rings. The first kappa shape index (κ1) is 31.6. The fourth-order valence-corrected chi connectivity index (χ4v) is 8.18. The number of benzene rings is 2. The van der Waals surface area contributed by atoms with E-state index in [0.29, 0.717) is 32.0 Å². The van der Waals surface area contributed by atoms with Crippen LogP contribution in [0.15, 0.2) is 36.4 Å². The van der Waals surface area contributed by atoms with Gasteiger partial charge in [0.25, 0.3) is 5.91 Å². The molecule has 0 bridgehead atoms. The van der Waals surface area contributed by atoms with Gasteiger partial charge in [0, 0.05) is 67.8 Å². The summed E-state index contributed by atoms with van der Waals surface area (Å²) in [6, 6.07) is 12.1. The van der Waals surface area contributed by atoms with E-state index >= 15 is 0 Å². The zero-order chi connectivity index (χ0) is 32.0. The van der Waals surface area contributed by atoms with Crippen LogP contribution >= 0.6 is 0 Å². The Labute approximate surface area is 266 Å². The summed E-state index contributed by atoms with van der Waals surface area (Å²) in [6.45, 7) is 5.99. The minimum Gasteiger partial charge on any atom is -0.497 e. The van der Waals surface area contributed by atoms with Gasteiger partial charge in [-0.05, 0) is 80.5 Å². The van der Waals surface area contributed by atoms with Crippen LogP contribution in [0, 0.1) is 5.92 Å². The highest BCUT2D eigenvalue weighted by atomic mass is 32.2. The Kier molecular flexibility index (Phi) is 8.71. The SMILES string of the molecule is COc1ccc2c(c1)CC(C(=O)N1C[C@@H](C)N[C@@H](C)C1)Cn1c-2c(C2CCCCC2)c2ccc(C(=O)NS(=O)(=O)N(C)C)cc21. The van der Waals surface area contributed by atoms with E-state index in [1.807, 2.05) is 17.0 Å². The highest BCUT2D eigenvalue weighted by molar-refractivity contribution is 7.87. The normalized spacial score (nSPS) is 22.5. The molecular weight excluding hydrogens is 590 g/mol. The van der Waals surface area contributed by atoms with Crippen molar-refractivity contribution in [1.82, 2.24) is 23.8 Å². The Balaban J connectivity index is 1.54. The Morgan fingerprint density at radius 1 is 0.978 bits per heavy atom. The summed E-state index contributed by atoms with van der Waals surface area (Å²) in [5.41, 5.74) is 5.65. The van der Waals surface area contributed by atoms with Crippen LogP contribution in [-0.4, -0.2) is 80.4 Å². The molecular formula is C34H45N5O5S. The molecule has 242 valence electrons. The summed E-state index contributed by atoms with van der Waals surface area (Å²) >= 11 is 0. The minimum atomic E-state index is -3.96. The lowest BCUT2D eigenvalue weighted by Gasteiger charge is -2.38. The number of methoxy groups -OCH3 is 1. The Morgan fingerprint density at radius 2 is 1.69 bits per heavy atom. The van der Waals surface area contributed by atoms with Crippen LogP contribution in [0.1, 0.15) is 73.4 Å². The largest absolute Gasteiger partial charge is 0.497 e. The lowest BCUT2D eigenvalue weighted by atomic mass is 9.81. The number of nitrogens with zero attached hydrogens (tertiary/aromatic N) is 3. The van der Waals surface area contributed by atoms with Crippen LogP contribution in [-0.2, 0) is 28.0 Å². The van der Waals surface area contributed by atoms with E-state index in [2.05, 4.69) is 40.6 Å². The maximum Gasteiger partial charge on any atom is 0.303 e. The van der Waals surface area contributed by atoms with E-state index in [9.17, 15) is 18.0 Å². The quantitative estimate of drug-likeness (QED) is 0.418. The topological polar surface area (TPSA) is 113 Å². The maximum absolute atomic E-state index is 14.3. The van der Waals surface area contributed by atoms with E-state index in [0.717, 1.165) is 63.5 Å². The molecule has 3 atom stereocenters. The van der Waals surface area contributed by atoms with Crippen molar-refractivity contribution in [2.24, 2.45) is 5.92 Å².